The second-order valence-electron chi connectivity index (χ2n) is 2.94. The average molecular weight is 200 g/mol. The van der Waals surface area contributed by atoms with Crippen LogP contribution in [-0.4, -0.2) is 33.4 Å². The van der Waals surface area contributed by atoms with Crippen molar-refractivity contribution in [1.82, 2.24) is 0 Å². The first kappa shape index (κ1) is 10.9. The third-order valence-corrected chi connectivity index (χ3v) is 7.17. The van der Waals surface area contributed by atoms with Crippen molar-refractivity contribution in [3.05, 3.63) is 0 Å². The Hall–Kier alpha value is -0.100. The summed E-state index contributed by atoms with van der Waals surface area (Å²) in [5.74, 6) is 0. The first-order valence-corrected chi connectivity index (χ1v) is 6.67. The van der Waals surface area contributed by atoms with E-state index < -0.39 is 23.8 Å². The van der Waals surface area contributed by atoms with Gasteiger partial charge >= 0.3 is 0 Å². The van der Waals surface area contributed by atoms with Gasteiger partial charge in [-0.2, -0.15) is 0 Å². The average Bonchev–Trinajstić information content (AvgIpc) is 1.58. The molecule has 0 aromatic carbocycles. The second kappa shape index (κ2) is 2.45. The molecule has 0 aromatic heterocycles. The zero-order valence-corrected chi connectivity index (χ0v) is 8.58. The van der Waals surface area contributed by atoms with E-state index in [1.807, 2.05) is 0 Å². The molecule has 0 aliphatic heterocycles. The lowest BCUT2D eigenvalue weighted by atomic mass is 10.5. The standard InChI is InChI=1S/C5H12O4S2/c1-5(2,10(3,6)7)11(4,8)9/h1-4H3. The molecule has 0 amide bonds. The molecule has 0 aliphatic rings. The summed E-state index contributed by atoms with van der Waals surface area (Å²) in [5.41, 5.74) is 0. The summed E-state index contributed by atoms with van der Waals surface area (Å²) in [6, 6.07) is 0. The van der Waals surface area contributed by atoms with Crippen molar-refractivity contribution in [3.63, 3.8) is 0 Å². The van der Waals surface area contributed by atoms with Crippen molar-refractivity contribution in [1.29, 1.82) is 0 Å². The molecule has 11 heavy (non-hydrogen) atoms. The van der Waals surface area contributed by atoms with Crippen LogP contribution < -0.4 is 0 Å². The molecule has 0 spiro atoms. The van der Waals surface area contributed by atoms with E-state index in [0.717, 1.165) is 12.5 Å². The van der Waals surface area contributed by atoms with E-state index in [-0.39, 0.29) is 0 Å². The van der Waals surface area contributed by atoms with Gasteiger partial charge in [-0.1, -0.05) is 0 Å². The fourth-order valence-corrected chi connectivity index (χ4v) is 2.47. The summed E-state index contributed by atoms with van der Waals surface area (Å²) in [5, 5.41) is 0. The molecule has 0 bridgehead atoms. The Balaban J connectivity index is 5.45. The van der Waals surface area contributed by atoms with Crippen molar-refractivity contribution >= 4 is 19.7 Å². The summed E-state index contributed by atoms with van der Waals surface area (Å²) < 4.78 is 42.0. The maximum Gasteiger partial charge on any atom is 0.167 e. The molecule has 0 fully saturated rings. The SMILES string of the molecule is CC(C)(S(C)(=O)=O)S(C)(=O)=O. The van der Waals surface area contributed by atoms with E-state index in [0.29, 0.717) is 0 Å². The van der Waals surface area contributed by atoms with Crippen LogP contribution in [0.15, 0.2) is 0 Å². The fraction of sp³-hybridized carbons (Fsp3) is 1.00. The van der Waals surface area contributed by atoms with E-state index in [1.165, 1.54) is 13.8 Å². The molecule has 0 radical (unpaired) electrons. The molecule has 0 saturated carbocycles. The monoisotopic (exact) mass is 200 g/mol. The van der Waals surface area contributed by atoms with Crippen LogP contribution in [0.2, 0.25) is 0 Å². The van der Waals surface area contributed by atoms with E-state index in [4.69, 9.17) is 0 Å². The number of hydrogen-bond donors (Lipinski definition) is 0. The quantitative estimate of drug-likeness (QED) is 0.619. The molecule has 0 saturated heterocycles. The van der Waals surface area contributed by atoms with Crippen molar-refractivity contribution in [2.45, 2.75) is 17.9 Å². The van der Waals surface area contributed by atoms with Gasteiger partial charge in [0.25, 0.3) is 0 Å². The van der Waals surface area contributed by atoms with Crippen molar-refractivity contribution in [2.75, 3.05) is 12.5 Å². The minimum absolute atomic E-state index is 0.911. The fourth-order valence-electron chi connectivity index (χ4n) is 0.275. The molecule has 68 valence electrons. The number of hydrogen-bond acceptors (Lipinski definition) is 4. The molecule has 0 rings (SSSR count). The van der Waals surface area contributed by atoms with Crippen molar-refractivity contribution in [2.24, 2.45) is 0 Å². The van der Waals surface area contributed by atoms with Gasteiger partial charge in [0.2, 0.25) is 0 Å². The second-order valence-corrected chi connectivity index (χ2v) is 8.33. The molecule has 0 N–H and O–H groups in total. The van der Waals surface area contributed by atoms with Crippen molar-refractivity contribution in [3.8, 4) is 0 Å². The molecule has 0 heterocycles. The molecule has 0 aliphatic carbocycles. The zero-order valence-electron chi connectivity index (χ0n) is 6.95. The van der Waals surface area contributed by atoms with Gasteiger partial charge in [-0.3, -0.25) is 0 Å². The van der Waals surface area contributed by atoms with E-state index >= 15 is 0 Å². The Morgan fingerprint density at radius 1 is 0.818 bits per heavy atom. The molecular formula is C5H12O4S2. The van der Waals surface area contributed by atoms with Gasteiger partial charge in [0.15, 0.2) is 23.8 Å². The van der Waals surface area contributed by atoms with Crippen LogP contribution in [0.5, 0.6) is 0 Å². The van der Waals surface area contributed by atoms with Gasteiger partial charge in [0.05, 0.1) is 0 Å². The minimum Gasteiger partial charge on any atom is -0.228 e. The lowest BCUT2D eigenvalue weighted by molar-refractivity contribution is 0.563. The predicted molar refractivity (Wildman–Crippen MR) is 43.8 cm³/mol. The normalized spacial score (nSPS) is 14.9. The van der Waals surface area contributed by atoms with Crippen LogP contribution in [0.1, 0.15) is 13.8 Å². The van der Waals surface area contributed by atoms with Crippen LogP contribution in [-0.2, 0) is 19.7 Å². The van der Waals surface area contributed by atoms with Gasteiger partial charge in [0.1, 0.15) is 0 Å². The third kappa shape index (κ3) is 1.93. The Labute approximate surface area is 67.4 Å². The number of sulfone groups is 2. The highest BCUT2D eigenvalue weighted by Crippen LogP contribution is 2.21. The predicted octanol–water partition coefficient (Wildman–Crippen LogP) is -0.188. The largest absolute Gasteiger partial charge is 0.228 e. The summed E-state index contributed by atoms with van der Waals surface area (Å²) in [6.07, 6.45) is 1.82. The van der Waals surface area contributed by atoms with Gasteiger partial charge in [-0.15, -0.1) is 0 Å². The summed E-state index contributed by atoms with van der Waals surface area (Å²) in [7, 11) is -7.10. The van der Waals surface area contributed by atoms with Crippen LogP contribution in [0.4, 0.5) is 0 Å². The first-order chi connectivity index (χ1) is 4.50. The minimum atomic E-state index is -3.55. The Morgan fingerprint density at radius 3 is 1.00 bits per heavy atom. The lowest BCUT2D eigenvalue weighted by Gasteiger charge is -2.19. The summed E-state index contributed by atoms with van der Waals surface area (Å²) >= 11 is 0. The van der Waals surface area contributed by atoms with Crippen LogP contribution >= 0.6 is 0 Å². The molecule has 0 atom stereocenters. The Bertz CT molecular complexity index is 299. The van der Waals surface area contributed by atoms with Crippen LogP contribution in [0.25, 0.3) is 0 Å². The van der Waals surface area contributed by atoms with Crippen molar-refractivity contribution < 1.29 is 16.8 Å². The summed E-state index contributed by atoms with van der Waals surface area (Å²) in [4.78, 5) is 0. The Morgan fingerprint density at radius 2 is 1.00 bits per heavy atom. The molecule has 0 unspecified atom stereocenters. The first-order valence-electron chi connectivity index (χ1n) is 2.89. The van der Waals surface area contributed by atoms with Gasteiger partial charge in [-0.25, -0.2) is 16.8 Å². The van der Waals surface area contributed by atoms with Gasteiger partial charge in [-0.05, 0) is 13.8 Å². The maximum absolute atomic E-state index is 10.9. The van der Waals surface area contributed by atoms with Gasteiger partial charge in [0, 0.05) is 12.5 Å². The molecule has 4 nitrogen and oxygen atoms in total. The van der Waals surface area contributed by atoms with Crippen LogP contribution in [0.3, 0.4) is 0 Å². The third-order valence-electron chi connectivity index (χ3n) is 1.79. The molecule has 6 heteroatoms. The topological polar surface area (TPSA) is 68.3 Å². The smallest absolute Gasteiger partial charge is 0.167 e. The van der Waals surface area contributed by atoms with E-state index in [2.05, 4.69) is 0 Å². The van der Waals surface area contributed by atoms with Gasteiger partial charge < -0.3 is 0 Å². The van der Waals surface area contributed by atoms with Crippen LogP contribution in [0, 0.1) is 0 Å². The highest BCUT2D eigenvalue weighted by atomic mass is 32.3. The lowest BCUT2D eigenvalue weighted by Crippen LogP contribution is -2.38. The summed E-state index contributed by atoms with van der Waals surface area (Å²) in [6.45, 7) is 2.36. The zero-order chi connectivity index (χ0) is 9.50. The van der Waals surface area contributed by atoms with E-state index in [9.17, 15) is 16.8 Å². The Kier molecular flexibility index (Phi) is 2.43. The van der Waals surface area contributed by atoms with E-state index in [1.54, 1.807) is 0 Å². The number of rotatable bonds is 2. The molecule has 0 aromatic rings. The highest BCUT2D eigenvalue weighted by molar-refractivity contribution is 8.09. The molecular weight excluding hydrogens is 188 g/mol. The maximum atomic E-state index is 10.9. The highest BCUT2D eigenvalue weighted by Gasteiger charge is 2.40.